The van der Waals surface area contributed by atoms with Crippen LogP contribution in [-0.2, 0) is 9.59 Å². The molecule has 1 aliphatic rings. The zero-order chi connectivity index (χ0) is 22.6. The Labute approximate surface area is 178 Å². The zero-order valence-corrected chi connectivity index (χ0v) is 17.3. The minimum atomic E-state index is -4.84. The smallest absolute Gasteiger partial charge is 0.471 e. The molecule has 6 nitrogen and oxygen atoms in total. The van der Waals surface area contributed by atoms with Gasteiger partial charge in [0.05, 0.1) is 0 Å². The van der Waals surface area contributed by atoms with Crippen LogP contribution in [0.15, 0.2) is 42.5 Å². The van der Waals surface area contributed by atoms with E-state index in [1.807, 2.05) is 36.9 Å². The van der Waals surface area contributed by atoms with Gasteiger partial charge in [-0.1, -0.05) is 6.07 Å². The highest BCUT2D eigenvalue weighted by Crippen LogP contribution is 2.23. The molecule has 1 aliphatic heterocycles. The summed E-state index contributed by atoms with van der Waals surface area (Å²) in [6.07, 6.45) is -4.84. The van der Waals surface area contributed by atoms with Crippen molar-refractivity contribution in [3.05, 3.63) is 53.6 Å². The Morgan fingerprint density at radius 1 is 0.968 bits per heavy atom. The topological polar surface area (TPSA) is 61.9 Å². The first kappa shape index (κ1) is 22.5. The average molecular weight is 435 g/mol. The van der Waals surface area contributed by atoms with Gasteiger partial charge in [0.2, 0.25) is 0 Å². The number of piperazine rings is 1. The van der Waals surface area contributed by atoms with Crippen LogP contribution in [0.4, 0.5) is 24.5 Å². The summed E-state index contributed by atoms with van der Waals surface area (Å²) in [6.45, 7) is 4.40. The van der Waals surface area contributed by atoms with Gasteiger partial charge in [-0.25, -0.2) is 0 Å². The van der Waals surface area contributed by atoms with Crippen molar-refractivity contribution >= 4 is 23.2 Å². The van der Waals surface area contributed by atoms with Gasteiger partial charge < -0.3 is 19.9 Å². The van der Waals surface area contributed by atoms with Crippen LogP contribution in [0.1, 0.15) is 11.1 Å². The lowest BCUT2D eigenvalue weighted by Crippen LogP contribution is -2.52. The van der Waals surface area contributed by atoms with Crippen molar-refractivity contribution in [1.82, 2.24) is 4.90 Å². The molecule has 0 aromatic heterocycles. The number of alkyl halides is 3. The molecule has 0 unspecified atom stereocenters. The minimum absolute atomic E-state index is 0.00655. The van der Waals surface area contributed by atoms with Crippen molar-refractivity contribution in [3.63, 3.8) is 0 Å². The normalized spacial score (nSPS) is 14.4. The Kier molecular flexibility index (Phi) is 6.72. The van der Waals surface area contributed by atoms with Gasteiger partial charge >= 0.3 is 12.1 Å². The summed E-state index contributed by atoms with van der Waals surface area (Å²) in [7, 11) is 0. The number of nitrogens with one attached hydrogen (secondary N) is 1. The molecule has 1 fully saturated rings. The van der Waals surface area contributed by atoms with Crippen LogP contribution in [0, 0.1) is 13.8 Å². The zero-order valence-electron chi connectivity index (χ0n) is 17.3. The number of nitrogens with zero attached hydrogens (tertiary/aromatic N) is 2. The average Bonchev–Trinajstić information content (AvgIpc) is 2.71. The number of amides is 2. The van der Waals surface area contributed by atoms with Gasteiger partial charge in [0.25, 0.3) is 5.91 Å². The Morgan fingerprint density at radius 3 is 2.10 bits per heavy atom. The molecule has 31 heavy (non-hydrogen) atoms. The van der Waals surface area contributed by atoms with Crippen molar-refractivity contribution < 1.29 is 27.5 Å². The number of hydrogen-bond donors (Lipinski definition) is 1. The summed E-state index contributed by atoms with van der Waals surface area (Å²) >= 11 is 0. The lowest BCUT2D eigenvalue weighted by atomic mass is 10.1. The van der Waals surface area contributed by atoms with Gasteiger partial charge in [0.15, 0.2) is 6.61 Å². The first-order chi connectivity index (χ1) is 14.6. The number of aryl methyl sites for hydroxylation is 2. The van der Waals surface area contributed by atoms with E-state index in [0.29, 0.717) is 24.5 Å². The number of carbonyl (C=O) groups is 2. The van der Waals surface area contributed by atoms with E-state index in [2.05, 4.69) is 5.32 Å². The third-order valence-electron chi connectivity index (χ3n) is 4.89. The highest BCUT2D eigenvalue weighted by Gasteiger charge is 2.43. The van der Waals surface area contributed by atoms with Gasteiger partial charge in [-0.3, -0.25) is 9.59 Å². The predicted octanol–water partition coefficient (Wildman–Crippen LogP) is 3.53. The monoisotopic (exact) mass is 435 g/mol. The van der Waals surface area contributed by atoms with Crippen molar-refractivity contribution in [1.29, 1.82) is 0 Å². The maximum atomic E-state index is 12.5. The second-order valence-electron chi connectivity index (χ2n) is 7.48. The maximum absolute atomic E-state index is 12.5. The van der Waals surface area contributed by atoms with Crippen LogP contribution in [0.25, 0.3) is 0 Å². The molecule has 0 spiro atoms. The van der Waals surface area contributed by atoms with Crippen molar-refractivity contribution in [2.45, 2.75) is 20.0 Å². The Hall–Kier alpha value is -3.23. The molecule has 0 bridgehead atoms. The first-order valence-electron chi connectivity index (χ1n) is 9.84. The largest absolute Gasteiger partial charge is 0.484 e. The molecule has 1 saturated heterocycles. The second kappa shape index (κ2) is 9.28. The van der Waals surface area contributed by atoms with E-state index in [1.165, 1.54) is 0 Å². The highest BCUT2D eigenvalue weighted by atomic mass is 19.4. The van der Waals surface area contributed by atoms with Gasteiger partial charge in [-0.05, 0) is 61.4 Å². The molecule has 166 valence electrons. The molecule has 0 radical (unpaired) electrons. The predicted molar refractivity (Wildman–Crippen MR) is 111 cm³/mol. The quantitative estimate of drug-likeness (QED) is 0.781. The van der Waals surface area contributed by atoms with Crippen LogP contribution >= 0.6 is 0 Å². The third kappa shape index (κ3) is 6.13. The van der Waals surface area contributed by atoms with Crippen LogP contribution < -0.4 is 15.0 Å². The number of benzene rings is 2. The number of ether oxygens (including phenoxy) is 1. The lowest BCUT2D eigenvalue weighted by molar-refractivity contribution is -0.185. The summed E-state index contributed by atoms with van der Waals surface area (Å²) in [5, 5.41) is 2.75. The molecule has 9 heteroatoms. The molecule has 2 aromatic rings. The molecule has 2 amide bonds. The minimum Gasteiger partial charge on any atom is -0.484 e. The molecule has 2 aromatic carbocycles. The summed E-state index contributed by atoms with van der Waals surface area (Å²) < 4.78 is 43.2. The van der Waals surface area contributed by atoms with E-state index < -0.39 is 12.1 Å². The van der Waals surface area contributed by atoms with Gasteiger partial charge in [0.1, 0.15) is 5.75 Å². The molecular formula is C22H24F3N3O3. The van der Waals surface area contributed by atoms with E-state index in [9.17, 15) is 22.8 Å². The summed E-state index contributed by atoms with van der Waals surface area (Å²) in [5.74, 6) is -1.47. The van der Waals surface area contributed by atoms with Crippen molar-refractivity contribution in [2.24, 2.45) is 0 Å². The second-order valence-corrected chi connectivity index (χ2v) is 7.48. The number of halogens is 3. The SMILES string of the molecule is Cc1cc(C)cc(OCC(=O)Nc2ccc(N3CCN(C(=O)C(F)(F)F)CC3)cc2)c1. The molecule has 0 atom stereocenters. The molecule has 1 heterocycles. The number of hydrogen-bond acceptors (Lipinski definition) is 4. The Balaban J connectivity index is 1.49. The standard InChI is InChI=1S/C22H24F3N3O3/c1-15-11-16(2)13-19(12-15)31-14-20(29)26-17-3-5-18(6-4-17)27-7-9-28(10-8-27)21(30)22(23,24)25/h3-6,11-13H,7-10,14H2,1-2H3,(H,26,29). The molecule has 0 saturated carbocycles. The highest BCUT2D eigenvalue weighted by molar-refractivity contribution is 5.92. The molecule has 0 aliphatic carbocycles. The summed E-state index contributed by atoms with van der Waals surface area (Å²) in [4.78, 5) is 26.2. The fourth-order valence-corrected chi connectivity index (χ4v) is 3.46. The maximum Gasteiger partial charge on any atom is 0.471 e. The number of carbonyl (C=O) groups excluding carboxylic acids is 2. The Morgan fingerprint density at radius 2 is 1.55 bits per heavy atom. The number of rotatable bonds is 5. The van der Waals surface area contributed by atoms with Crippen molar-refractivity contribution in [3.8, 4) is 5.75 Å². The van der Waals surface area contributed by atoms with E-state index >= 15 is 0 Å². The van der Waals surface area contributed by atoms with Gasteiger partial charge in [-0.15, -0.1) is 0 Å². The van der Waals surface area contributed by atoms with E-state index in [1.54, 1.807) is 24.3 Å². The third-order valence-corrected chi connectivity index (χ3v) is 4.89. The van der Waals surface area contributed by atoms with E-state index in [0.717, 1.165) is 21.7 Å². The summed E-state index contributed by atoms with van der Waals surface area (Å²) in [6, 6.07) is 12.7. The van der Waals surface area contributed by atoms with Crippen LogP contribution in [0.3, 0.4) is 0 Å². The van der Waals surface area contributed by atoms with Crippen molar-refractivity contribution in [2.75, 3.05) is 43.0 Å². The van der Waals surface area contributed by atoms with Crippen LogP contribution in [0.2, 0.25) is 0 Å². The van der Waals surface area contributed by atoms with E-state index in [-0.39, 0.29) is 25.6 Å². The van der Waals surface area contributed by atoms with E-state index in [4.69, 9.17) is 4.74 Å². The first-order valence-corrected chi connectivity index (χ1v) is 9.84. The summed E-state index contributed by atoms with van der Waals surface area (Å²) in [5.41, 5.74) is 3.50. The fourth-order valence-electron chi connectivity index (χ4n) is 3.46. The number of anilines is 2. The van der Waals surface area contributed by atoms with Crippen LogP contribution in [-0.4, -0.2) is 55.7 Å². The van der Waals surface area contributed by atoms with Gasteiger partial charge in [-0.2, -0.15) is 13.2 Å². The fraction of sp³-hybridized carbons (Fsp3) is 0.364. The molecule has 1 N–H and O–H groups in total. The van der Waals surface area contributed by atoms with Crippen LogP contribution in [0.5, 0.6) is 5.75 Å². The lowest BCUT2D eigenvalue weighted by Gasteiger charge is -2.36. The van der Waals surface area contributed by atoms with Gasteiger partial charge in [0, 0.05) is 37.6 Å². The molecular weight excluding hydrogens is 411 g/mol. The Bertz CT molecular complexity index is 917. The molecule has 3 rings (SSSR count).